The maximum atomic E-state index is 5.60. The van der Waals surface area contributed by atoms with Crippen molar-refractivity contribution in [2.75, 3.05) is 27.6 Å². The van der Waals surface area contributed by atoms with Gasteiger partial charge in [-0.3, -0.25) is 0 Å². The standard InChI is InChI=1S/C16H27NO4/c1-7-20-11-21-15-13(18-5)8-12(9-14(15)19-6)10-17-16(2,3)4/h8-9,17H,7,10-11H2,1-6H3. The number of nitrogens with one attached hydrogen (secondary N) is 1. The van der Waals surface area contributed by atoms with Crippen LogP contribution in [0.1, 0.15) is 33.3 Å². The monoisotopic (exact) mass is 297 g/mol. The van der Waals surface area contributed by atoms with E-state index in [1.165, 1.54) is 0 Å². The van der Waals surface area contributed by atoms with E-state index in [2.05, 4.69) is 26.1 Å². The zero-order valence-electron chi connectivity index (χ0n) is 13.9. The molecule has 5 nitrogen and oxygen atoms in total. The van der Waals surface area contributed by atoms with Crippen LogP contribution in [-0.2, 0) is 11.3 Å². The molecule has 0 amide bonds. The molecular formula is C16H27NO4. The molecule has 0 spiro atoms. The lowest BCUT2D eigenvalue weighted by atomic mass is 10.1. The normalized spacial score (nSPS) is 11.3. The van der Waals surface area contributed by atoms with Crippen molar-refractivity contribution < 1.29 is 18.9 Å². The smallest absolute Gasteiger partial charge is 0.206 e. The highest BCUT2D eigenvalue weighted by atomic mass is 16.7. The van der Waals surface area contributed by atoms with Crippen molar-refractivity contribution in [3.63, 3.8) is 0 Å². The van der Waals surface area contributed by atoms with Crippen molar-refractivity contribution in [1.29, 1.82) is 0 Å². The molecule has 0 heterocycles. The van der Waals surface area contributed by atoms with E-state index in [-0.39, 0.29) is 12.3 Å². The van der Waals surface area contributed by atoms with Gasteiger partial charge in [0.05, 0.1) is 14.2 Å². The van der Waals surface area contributed by atoms with Crippen LogP contribution in [0.25, 0.3) is 0 Å². The highest BCUT2D eigenvalue weighted by Crippen LogP contribution is 2.38. The van der Waals surface area contributed by atoms with Crippen LogP contribution in [0.4, 0.5) is 0 Å². The molecule has 1 aromatic carbocycles. The lowest BCUT2D eigenvalue weighted by molar-refractivity contribution is 0.0193. The average Bonchev–Trinajstić information content (AvgIpc) is 2.44. The molecule has 120 valence electrons. The Morgan fingerprint density at radius 3 is 2.05 bits per heavy atom. The zero-order valence-corrected chi connectivity index (χ0v) is 13.9. The number of hydrogen-bond donors (Lipinski definition) is 1. The van der Waals surface area contributed by atoms with Crippen LogP contribution in [0, 0.1) is 0 Å². The van der Waals surface area contributed by atoms with Gasteiger partial charge < -0.3 is 24.3 Å². The van der Waals surface area contributed by atoms with Crippen LogP contribution >= 0.6 is 0 Å². The third-order valence-corrected chi connectivity index (χ3v) is 2.83. The molecule has 0 bridgehead atoms. The maximum absolute atomic E-state index is 5.60. The largest absolute Gasteiger partial charge is 0.493 e. The summed E-state index contributed by atoms with van der Waals surface area (Å²) in [6.07, 6.45) is 0. The van der Waals surface area contributed by atoms with Gasteiger partial charge in [-0.25, -0.2) is 0 Å². The van der Waals surface area contributed by atoms with E-state index in [4.69, 9.17) is 18.9 Å². The Labute approximate surface area is 127 Å². The minimum atomic E-state index is 0.0462. The quantitative estimate of drug-likeness (QED) is 0.590. The Bertz CT molecular complexity index is 415. The van der Waals surface area contributed by atoms with Crippen LogP contribution < -0.4 is 19.5 Å². The zero-order chi connectivity index (χ0) is 15.9. The summed E-state index contributed by atoms with van der Waals surface area (Å²) in [4.78, 5) is 0. The molecule has 0 aliphatic carbocycles. The first-order valence-electron chi connectivity index (χ1n) is 7.11. The van der Waals surface area contributed by atoms with Gasteiger partial charge in [-0.05, 0) is 45.4 Å². The van der Waals surface area contributed by atoms with Crippen molar-refractivity contribution in [2.24, 2.45) is 0 Å². The molecule has 0 radical (unpaired) electrons. The second-order valence-electron chi connectivity index (χ2n) is 5.69. The first kappa shape index (κ1) is 17.6. The summed E-state index contributed by atoms with van der Waals surface area (Å²) in [5.74, 6) is 1.84. The number of benzene rings is 1. The van der Waals surface area contributed by atoms with E-state index in [1.54, 1.807) is 14.2 Å². The lowest BCUT2D eigenvalue weighted by Crippen LogP contribution is -2.35. The van der Waals surface area contributed by atoms with Crippen molar-refractivity contribution in [3.05, 3.63) is 17.7 Å². The van der Waals surface area contributed by atoms with Gasteiger partial charge in [-0.1, -0.05) is 0 Å². The highest BCUT2D eigenvalue weighted by molar-refractivity contribution is 5.53. The van der Waals surface area contributed by atoms with E-state index < -0.39 is 0 Å². The molecule has 0 aliphatic rings. The third kappa shape index (κ3) is 5.81. The molecule has 0 fully saturated rings. The minimum Gasteiger partial charge on any atom is -0.493 e. The number of ether oxygens (including phenoxy) is 4. The number of rotatable bonds is 8. The molecule has 0 atom stereocenters. The van der Waals surface area contributed by atoms with E-state index in [1.807, 2.05) is 19.1 Å². The topological polar surface area (TPSA) is 49.0 Å². The van der Waals surface area contributed by atoms with Gasteiger partial charge in [-0.2, -0.15) is 0 Å². The molecule has 0 saturated carbocycles. The van der Waals surface area contributed by atoms with Crippen LogP contribution in [-0.4, -0.2) is 33.2 Å². The fourth-order valence-corrected chi connectivity index (χ4v) is 1.73. The molecular weight excluding hydrogens is 270 g/mol. The molecule has 0 unspecified atom stereocenters. The summed E-state index contributed by atoms with van der Waals surface area (Å²) in [7, 11) is 3.23. The SMILES string of the molecule is CCOCOc1c(OC)cc(CNC(C)(C)C)cc1OC. The Kier molecular flexibility index (Phi) is 6.78. The second kappa shape index (κ2) is 8.10. The summed E-state index contributed by atoms with van der Waals surface area (Å²) in [6.45, 7) is 9.78. The predicted octanol–water partition coefficient (Wildman–Crippen LogP) is 2.96. The van der Waals surface area contributed by atoms with Crippen LogP contribution in [0.3, 0.4) is 0 Å². The lowest BCUT2D eigenvalue weighted by Gasteiger charge is -2.21. The van der Waals surface area contributed by atoms with Gasteiger partial charge >= 0.3 is 0 Å². The number of methoxy groups -OCH3 is 2. The van der Waals surface area contributed by atoms with Crippen molar-refractivity contribution in [2.45, 2.75) is 39.8 Å². The van der Waals surface area contributed by atoms with Gasteiger partial charge in [0, 0.05) is 18.7 Å². The Morgan fingerprint density at radius 2 is 1.62 bits per heavy atom. The van der Waals surface area contributed by atoms with Crippen molar-refractivity contribution in [1.82, 2.24) is 5.32 Å². The fraction of sp³-hybridized carbons (Fsp3) is 0.625. The van der Waals surface area contributed by atoms with E-state index in [9.17, 15) is 0 Å². The molecule has 0 aromatic heterocycles. The fourth-order valence-electron chi connectivity index (χ4n) is 1.73. The molecule has 1 aromatic rings. The Morgan fingerprint density at radius 1 is 1.05 bits per heavy atom. The molecule has 0 saturated heterocycles. The van der Waals surface area contributed by atoms with E-state index in [0.29, 0.717) is 23.9 Å². The van der Waals surface area contributed by atoms with Gasteiger partial charge in [0.2, 0.25) is 5.75 Å². The summed E-state index contributed by atoms with van der Waals surface area (Å²) in [5, 5.41) is 3.44. The molecule has 5 heteroatoms. The second-order valence-corrected chi connectivity index (χ2v) is 5.69. The Balaban J connectivity index is 2.94. The minimum absolute atomic E-state index is 0.0462. The maximum Gasteiger partial charge on any atom is 0.206 e. The molecule has 1 N–H and O–H groups in total. The van der Waals surface area contributed by atoms with Gasteiger partial charge in [-0.15, -0.1) is 0 Å². The number of hydrogen-bond acceptors (Lipinski definition) is 5. The third-order valence-electron chi connectivity index (χ3n) is 2.83. The van der Waals surface area contributed by atoms with Crippen LogP contribution in [0.15, 0.2) is 12.1 Å². The van der Waals surface area contributed by atoms with Gasteiger partial charge in [0.25, 0.3) is 0 Å². The molecule has 1 rings (SSSR count). The van der Waals surface area contributed by atoms with Gasteiger partial charge in [0.1, 0.15) is 0 Å². The Hall–Kier alpha value is -1.46. The summed E-state index contributed by atoms with van der Waals surface area (Å²) < 4.78 is 21.6. The molecule has 0 aliphatic heterocycles. The van der Waals surface area contributed by atoms with Gasteiger partial charge in [0.15, 0.2) is 18.3 Å². The summed E-state index contributed by atoms with van der Waals surface area (Å²) in [6, 6.07) is 3.89. The average molecular weight is 297 g/mol. The molecule has 21 heavy (non-hydrogen) atoms. The summed E-state index contributed by atoms with van der Waals surface area (Å²) >= 11 is 0. The van der Waals surface area contributed by atoms with Crippen LogP contribution in [0.5, 0.6) is 17.2 Å². The first-order chi connectivity index (χ1) is 9.91. The summed E-state index contributed by atoms with van der Waals surface area (Å²) in [5.41, 5.74) is 1.12. The van der Waals surface area contributed by atoms with Crippen LogP contribution in [0.2, 0.25) is 0 Å². The van der Waals surface area contributed by atoms with Crippen molar-refractivity contribution in [3.8, 4) is 17.2 Å². The van der Waals surface area contributed by atoms with E-state index in [0.717, 1.165) is 12.1 Å². The van der Waals surface area contributed by atoms with E-state index >= 15 is 0 Å². The highest BCUT2D eigenvalue weighted by Gasteiger charge is 2.16. The predicted molar refractivity (Wildman–Crippen MR) is 83.3 cm³/mol. The van der Waals surface area contributed by atoms with Crippen molar-refractivity contribution >= 4 is 0 Å². The first-order valence-corrected chi connectivity index (χ1v) is 7.11.